The summed E-state index contributed by atoms with van der Waals surface area (Å²) in [6.07, 6.45) is 4.50. The van der Waals surface area contributed by atoms with Crippen molar-refractivity contribution in [1.29, 1.82) is 0 Å². The zero-order valence-corrected chi connectivity index (χ0v) is 28.1. The summed E-state index contributed by atoms with van der Waals surface area (Å²) in [5.74, 6) is 1.01. The molecule has 0 bridgehead atoms. The lowest BCUT2D eigenvalue weighted by Gasteiger charge is -2.27. The average molecular weight is 670 g/mol. The maximum absolute atomic E-state index is 6.81. The Kier molecular flexibility index (Phi) is 9.09. The number of nitrogens with two attached hydrogens (primary N) is 2. The summed E-state index contributed by atoms with van der Waals surface area (Å²) in [6, 6.07) is 0. The van der Waals surface area contributed by atoms with Crippen molar-refractivity contribution in [3.05, 3.63) is 17.8 Å². The van der Waals surface area contributed by atoms with E-state index in [1.54, 1.807) is 17.2 Å². The van der Waals surface area contributed by atoms with Gasteiger partial charge in [-0.2, -0.15) is 19.9 Å². The Morgan fingerprint density at radius 2 is 1.25 bits per heavy atom. The van der Waals surface area contributed by atoms with Crippen molar-refractivity contribution in [2.75, 3.05) is 18.1 Å². The van der Waals surface area contributed by atoms with Crippen LogP contribution < -0.4 is 16.2 Å². The number of halogens is 3. The number of rotatable bonds is 6. The van der Waals surface area contributed by atoms with Crippen LogP contribution in [0.3, 0.4) is 0 Å². The highest BCUT2D eigenvalue weighted by atomic mass is 35.5. The molecule has 2 saturated heterocycles. The third-order valence-electron chi connectivity index (χ3n) is 8.86. The summed E-state index contributed by atoms with van der Waals surface area (Å²) in [5.41, 5.74) is 13.7. The Bertz CT molecular complexity index is 1640. The molecule has 8 atom stereocenters. The molecule has 4 aromatic heterocycles. The molecule has 44 heavy (non-hydrogen) atoms. The quantitative estimate of drug-likeness (QED) is 0.189. The fourth-order valence-electron chi connectivity index (χ4n) is 5.97. The van der Waals surface area contributed by atoms with Crippen LogP contribution in [0.4, 0.5) is 11.9 Å². The van der Waals surface area contributed by atoms with Gasteiger partial charge in [-0.25, -0.2) is 9.97 Å². The second-order valence-corrected chi connectivity index (χ2v) is 13.6. The number of imidazole rings is 2. The van der Waals surface area contributed by atoms with Gasteiger partial charge in [-0.05, 0) is 33.6 Å². The van der Waals surface area contributed by atoms with Crippen LogP contribution in [0.2, 0.25) is 5.15 Å². The Morgan fingerprint density at radius 1 is 0.795 bits per heavy atom. The smallest absolute Gasteiger partial charge is 0.247 e. The number of fused-ring (bicyclic) bond motifs is 2. The third-order valence-corrected chi connectivity index (χ3v) is 10.2. The Hall–Kier alpha value is -2.71. The van der Waals surface area contributed by atoms with E-state index >= 15 is 0 Å². The monoisotopic (exact) mass is 668 g/mol. The molecule has 6 heterocycles. The molecule has 4 aromatic rings. The van der Waals surface area contributed by atoms with Crippen LogP contribution in [0.5, 0.6) is 5.88 Å². The highest BCUT2D eigenvalue weighted by molar-refractivity contribution is 6.33. The predicted octanol–water partition coefficient (Wildman–Crippen LogP) is 5.75. The van der Waals surface area contributed by atoms with Gasteiger partial charge in [0.15, 0.2) is 34.4 Å². The van der Waals surface area contributed by atoms with Gasteiger partial charge in [0.05, 0.1) is 41.2 Å². The van der Waals surface area contributed by atoms with E-state index in [0.717, 1.165) is 12.8 Å². The molecule has 4 N–H and O–H groups in total. The minimum atomic E-state index is -0.570. The van der Waals surface area contributed by atoms with Crippen LogP contribution in [0.25, 0.3) is 22.3 Å². The van der Waals surface area contributed by atoms with E-state index in [1.165, 1.54) is 0 Å². The van der Waals surface area contributed by atoms with Crippen LogP contribution in [-0.4, -0.2) is 67.6 Å². The number of hydrogen-bond donors (Lipinski definition) is 2. The molecule has 2 fully saturated rings. The van der Waals surface area contributed by atoms with E-state index in [1.807, 2.05) is 25.3 Å². The molecular formula is C28H39Cl3N10O3. The van der Waals surface area contributed by atoms with Crippen molar-refractivity contribution in [2.45, 2.75) is 95.7 Å². The average Bonchev–Trinajstić information content (AvgIpc) is 3.68. The SMILES string of the molecule is CCOc1nc(N)nc2c1ncn2[C@@H]1O[C@H](CC)[C@@H](C)[C@@]1(C)Cl.CC[C@H]1O[C@@H](n2cnc3c(Cl)nc(N)nc32)[C@](C)(Cl)[C@@H]1C. The largest absolute Gasteiger partial charge is 0.476 e. The normalized spacial score (nSPS) is 31.9. The fraction of sp³-hybridized carbons (Fsp3) is 0.643. The van der Waals surface area contributed by atoms with E-state index in [2.05, 4.69) is 57.6 Å². The third kappa shape index (κ3) is 5.51. The zero-order chi connectivity index (χ0) is 32.1. The van der Waals surface area contributed by atoms with E-state index in [9.17, 15) is 0 Å². The summed E-state index contributed by atoms with van der Waals surface area (Å²) < 4.78 is 21.4. The number of hydrogen-bond acceptors (Lipinski definition) is 11. The summed E-state index contributed by atoms with van der Waals surface area (Å²) >= 11 is 19.6. The predicted molar refractivity (Wildman–Crippen MR) is 171 cm³/mol. The van der Waals surface area contributed by atoms with Gasteiger partial charge in [0, 0.05) is 11.8 Å². The molecule has 2 aliphatic heterocycles. The van der Waals surface area contributed by atoms with Crippen LogP contribution in [0.1, 0.15) is 73.8 Å². The number of alkyl halides is 2. The highest BCUT2D eigenvalue weighted by Gasteiger charge is 2.52. The fourth-order valence-corrected chi connectivity index (χ4v) is 6.78. The molecule has 0 saturated carbocycles. The first-order valence-corrected chi connectivity index (χ1v) is 15.9. The molecule has 240 valence electrons. The van der Waals surface area contributed by atoms with Crippen molar-refractivity contribution in [1.82, 2.24) is 39.0 Å². The maximum Gasteiger partial charge on any atom is 0.247 e. The molecule has 2 aliphatic rings. The first-order valence-electron chi connectivity index (χ1n) is 14.7. The number of anilines is 2. The van der Waals surface area contributed by atoms with Crippen LogP contribution in [-0.2, 0) is 9.47 Å². The van der Waals surface area contributed by atoms with Crippen LogP contribution in [0.15, 0.2) is 12.7 Å². The van der Waals surface area contributed by atoms with Gasteiger partial charge >= 0.3 is 0 Å². The van der Waals surface area contributed by atoms with Gasteiger partial charge in [-0.15, -0.1) is 23.2 Å². The first kappa shape index (κ1) is 32.7. The molecule has 0 unspecified atom stereocenters. The Morgan fingerprint density at radius 3 is 1.70 bits per heavy atom. The van der Waals surface area contributed by atoms with Gasteiger partial charge in [-0.1, -0.05) is 39.3 Å². The van der Waals surface area contributed by atoms with E-state index in [4.69, 9.17) is 60.5 Å². The van der Waals surface area contributed by atoms with Crippen molar-refractivity contribution < 1.29 is 14.2 Å². The summed E-state index contributed by atoms with van der Waals surface area (Å²) in [5, 5.41) is 0.227. The lowest BCUT2D eigenvalue weighted by Crippen LogP contribution is -2.32. The van der Waals surface area contributed by atoms with Gasteiger partial charge in [0.2, 0.25) is 17.8 Å². The lowest BCUT2D eigenvalue weighted by molar-refractivity contribution is -0.00893. The van der Waals surface area contributed by atoms with E-state index < -0.39 is 9.75 Å². The molecule has 6 rings (SSSR count). The molecule has 13 nitrogen and oxygen atoms in total. The van der Waals surface area contributed by atoms with E-state index in [-0.39, 0.29) is 53.5 Å². The number of aromatic nitrogens is 8. The molecule has 16 heteroatoms. The van der Waals surface area contributed by atoms with Gasteiger partial charge in [0.1, 0.15) is 5.52 Å². The summed E-state index contributed by atoms with van der Waals surface area (Å²) in [7, 11) is 0. The Balaban J connectivity index is 0.000000175. The van der Waals surface area contributed by atoms with Crippen molar-refractivity contribution in [2.24, 2.45) is 11.8 Å². The second kappa shape index (κ2) is 12.2. The van der Waals surface area contributed by atoms with Crippen LogP contribution >= 0.6 is 34.8 Å². The number of nitrogens with zero attached hydrogens (tertiary/aromatic N) is 8. The number of nitrogen functional groups attached to an aromatic ring is 2. The standard InChI is InChI=1S/C15H22ClN5O2.C13H17Cl2N5O/c1-5-9-8(3)15(4,16)13(23-9)21-7-18-10-11(21)19-14(17)20-12(10)22-6-2;1-4-7-6(2)13(3,15)11(21-7)20-5-17-8-9(14)18-12(16)19-10(8)20/h7-9,13H,5-6H2,1-4H3,(H2,17,19,20);5-7,11H,4H2,1-3H3,(H2,16,18,19)/t8-,9-,13-,15-;6-,7-,11-,13-/m11/s1. The molecule has 0 radical (unpaired) electrons. The van der Waals surface area contributed by atoms with E-state index in [0.29, 0.717) is 34.8 Å². The molecule has 0 amide bonds. The summed E-state index contributed by atoms with van der Waals surface area (Å²) in [4.78, 5) is 24.1. The maximum atomic E-state index is 6.81. The van der Waals surface area contributed by atoms with Gasteiger partial charge < -0.3 is 25.7 Å². The highest BCUT2D eigenvalue weighted by Crippen LogP contribution is 2.50. The summed E-state index contributed by atoms with van der Waals surface area (Å²) in [6.45, 7) is 14.7. The van der Waals surface area contributed by atoms with Crippen LogP contribution in [0, 0.1) is 11.8 Å². The van der Waals surface area contributed by atoms with Crippen molar-refractivity contribution in [3.8, 4) is 5.88 Å². The number of ether oxygens (including phenoxy) is 3. The van der Waals surface area contributed by atoms with Crippen molar-refractivity contribution in [3.63, 3.8) is 0 Å². The lowest BCUT2D eigenvalue weighted by atomic mass is 9.90. The van der Waals surface area contributed by atoms with Gasteiger partial charge in [-0.3, -0.25) is 9.13 Å². The molecule has 0 aromatic carbocycles. The minimum absolute atomic E-state index is 0.0876. The minimum Gasteiger partial charge on any atom is -0.476 e. The molecule has 0 aliphatic carbocycles. The Labute approximate surface area is 271 Å². The molecule has 0 spiro atoms. The molecular weight excluding hydrogens is 631 g/mol. The topological polar surface area (TPSA) is 167 Å². The zero-order valence-electron chi connectivity index (χ0n) is 25.8. The first-order chi connectivity index (χ1) is 20.8. The van der Waals surface area contributed by atoms with Crippen molar-refractivity contribution >= 4 is 69.0 Å². The van der Waals surface area contributed by atoms with Gasteiger partial charge in [0.25, 0.3) is 0 Å². The second-order valence-electron chi connectivity index (χ2n) is 11.6.